The number of allylic oxidation sites excluding steroid dienone is 4. The van der Waals surface area contributed by atoms with E-state index in [2.05, 4.69) is 59.1 Å². The third kappa shape index (κ3) is 14.1. The first kappa shape index (κ1) is 41.3. The highest BCUT2D eigenvalue weighted by atomic mass is 79.9. The van der Waals surface area contributed by atoms with Crippen molar-refractivity contribution in [3.8, 4) is 0 Å². The van der Waals surface area contributed by atoms with Gasteiger partial charge < -0.3 is 10.1 Å². The zero-order valence-electron chi connectivity index (χ0n) is 27.2. The lowest BCUT2D eigenvalue weighted by atomic mass is 9.92. The number of carbonyl (C=O) groups is 1. The molecule has 0 saturated heterocycles. The Hall–Kier alpha value is -2.18. The van der Waals surface area contributed by atoms with Crippen molar-refractivity contribution in [2.24, 2.45) is 0 Å². The van der Waals surface area contributed by atoms with Crippen LogP contribution in [0, 0.1) is 12.7 Å². The molecule has 0 fully saturated rings. The van der Waals surface area contributed by atoms with E-state index < -0.39 is 5.97 Å². The number of esters is 1. The Bertz CT molecular complexity index is 926. The number of methoxy groups -OCH3 is 1. The topological polar surface area (TPSA) is 41.6 Å². The molecule has 1 heterocycles. The van der Waals surface area contributed by atoms with Crippen LogP contribution < -0.4 is 5.32 Å². The van der Waals surface area contributed by atoms with Gasteiger partial charge in [0.1, 0.15) is 5.82 Å². The third-order valence-corrected chi connectivity index (χ3v) is 6.58. The van der Waals surface area contributed by atoms with Crippen molar-refractivity contribution in [2.75, 3.05) is 27.2 Å². The van der Waals surface area contributed by atoms with Gasteiger partial charge in [-0.05, 0) is 75.2 Å². The molecule has 1 aliphatic rings. The van der Waals surface area contributed by atoms with Crippen molar-refractivity contribution in [3.05, 3.63) is 74.7 Å². The standard InChI is InChI=1S/C25H32BrFN2O2.4C2H6/c1-16(13-17(2)22(26)7-10-28-5)19(4)29-11-8-20(9-12-29)24-18(3)14-21(15-23(24)27)25(30)31-6;4*1-2/h7-8,10,13-15,19,28H,9,11-12H2,1-6H3;4*1-2H3/b10-7-,16-13+,22-17-;;;;. The summed E-state index contributed by atoms with van der Waals surface area (Å²) in [6.07, 6.45) is 8.93. The lowest BCUT2D eigenvalue weighted by Gasteiger charge is -2.33. The van der Waals surface area contributed by atoms with Crippen molar-refractivity contribution >= 4 is 27.5 Å². The molecule has 0 aromatic heterocycles. The molecule has 6 heteroatoms. The predicted molar refractivity (Wildman–Crippen MR) is 175 cm³/mol. The van der Waals surface area contributed by atoms with Gasteiger partial charge in [0.25, 0.3) is 0 Å². The molecular formula is C33H56BrFN2O2. The highest BCUT2D eigenvalue weighted by Gasteiger charge is 2.22. The highest BCUT2D eigenvalue weighted by molar-refractivity contribution is 9.11. The SMILES string of the molecule is CC.CC.CC.CC.CN\C=C/C(Br)=C(C)/C=C(\C)C(C)N1CC=C(c2c(C)cc(C(=O)OC)cc2F)CC1. The van der Waals surface area contributed by atoms with Crippen LogP contribution in [0.4, 0.5) is 4.39 Å². The summed E-state index contributed by atoms with van der Waals surface area (Å²) < 4.78 is 20.5. The molecule has 1 aliphatic heterocycles. The van der Waals surface area contributed by atoms with Crippen molar-refractivity contribution in [3.63, 3.8) is 0 Å². The fourth-order valence-corrected chi connectivity index (χ4v) is 4.00. The van der Waals surface area contributed by atoms with Crippen LogP contribution in [0.5, 0.6) is 0 Å². The maximum Gasteiger partial charge on any atom is 0.337 e. The first-order valence-corrected chi connectivity index (χ1v) is 15.2. The summed E-state index contributed by atoms with van der Waals surface area (Å²) in [6, 6.07) is 3.24. The molecule has 0 amide bonds. The van der Waals surface area contributed by atoms with Crippen LogP contribution in [0.15, 0.2) is 52.2 Å². The van der Waals surface area contributed by atoms with Crippen LogP contribution in [-0.2, 0) is 4.74 Å². The predicted octanol–water partition coefficient (Wildman–Crippen LogP) is 9.85. The van der Waals surface area contributed by atoms with Crippen molar-refractivity contribution in [2.45, 2.75) is 95.5 Å². The minimum Gasteiger partial charge on any atom is -0.465 e. The summed E-state index contributed by atoms with van der Waals surface area (Å²) in [7, 11) is 3.17. The van der Waals surface area contributed by atoms with Gasteiger partial charge in [-0.25, -0.2) is 9.18 Å². The van der Waals surface area contributed by atoms with Gasteiger partial charge in [0.15, 0.2) is 0 Å². The number of aryl methyl sites for hydroxylation is 1. The van der Waals surface area contributed by atoms with Gasteiger partial charge in [-0.3, -0.25) is 4.90 Å². The van der Waals surface area contributed by atoms with Gasteiger partial charge in [-0.2, -0.15) is 0 Å². The molecular weight excluding hydrogens is 555 g/mol. The van der Waals surface area contributed by atoms with Crippen LogP contribution in [-0.4, -0.2) is 44.2 Å². The second-order valence-electron chi connectivity index (χ2n) is 7.83. The van der Waals surface area contributed by atoms with Gasteiger partial charge in [-0.1, -0.05) is 89.0 Å². The zero-order chi connectivity index (χ0) is 31.1. The summed E-state index contributed by atoms with van der Waals surface area (Å²) in [5.74, 6) is -0.893. The highest BCUT2D eigenvalue weighted by Crippen LogP contribution is 2.30. The first-order valence-electron chi connectivity index (χ1n) is 14.4. The largest absolute Gasteiger partial charge is 0.465 e. The normalized spacial score (nSPS) is 14.4. The Balaban J connectivity index is -0.00000148. The number of hydrogen-bond acceptors (Lipinski definition) is 4. The smallest absolute Gasteiger partial charge is 0.337 e. The molecule has 1 aromatic carbocycles. The second kappa shape index (κ2) is 24.8. The van der Waals surface area contributed by atoms with Crippen molar-refractivity contribution in [1.29, 1.82) is 0 Å². The molecule has 0 spiro atoms. The number of hydrogen-bond donors (Lipinski definition) is 1. The van der Waals surface area contributed by atoms with Crippen molar-refractivity contribution in [1.82, 2.24) is 10.2 Å². The summed E-state index contributed by atoms with van der Waals surface area (Å²) in [4.78, 5) is 14.1. The zero-order valence-corrected chi connectivity index (χ0v) is 28.8. The molecule has 1 unspecified atom stereocenters. The van der Waals surface area contributed by atoms with Gasteiger partial charge >= 0.3 is 5.97 Å². The molecule has 0 saturated carbocycles. The Morgan fingerprint density at radius 1 is 1.10 bits per heavy atom. The summed E-state index contributed by atoms with van der Waals surface area (Å²) in [5, 5.41) is 2.99. The van der Waals surface area contributed by atoms with E-state index in [1.807, 2.05) is 81.6 Å². The summed E-state index contributed by atoms with van der Waals surface area (Å²) in [5.41, 5.74) is 5.03. The maximum atomic E-state index is 14.8. The van der Waals surface area contributed by atoms with Crippen LogP contribution in [0.25, 0.3) is 5.57 Å². The fraction of sp³-hybridized carbons (Fsp3) is 0.545. The van der Waals surface area contributed by atoms with E-state index in [9.17, 15) is 9.18 Å². The van der Waals surface area contributed by atoms with E-state index in [1.54, 1.807) is 6.07 Å². The van der Waals surface area contributed by atoms with E-state index in [0.717, 1.165) is 40.7 Å². The first-order chi connectivity index (χ1) is 18.7. The Kier molecular flexibility index (Phi) is 26.3. The third-order valence-electron chi connectivity index (χ3n) is 5.69. The van der Waals surface area contributed by atoms with E-state index in [0.29, 0.717) is 5.56 Å². The average Bonchev–Trinajstić information content (AvgIpc) is 2.99. The lowest BCUT2D eigenvalue weighted by Crippen LogP contribution is -2.37. The van der Waals surface area contributed by atoms with Gasteiger partial charge in [0, 0.05) is 36.2 Å². The number of ether oxygens (including phenoxy) is 1. The fourth-order valence-electron chi connectivity index (χ4n) is 3.76. The van der Waals surface area contributed by atoms with Crippen LogP contribution >= 0.6 is 15.9 Å². The van der Waals surface area contributed by atoms with E-state index in [-0.39, 0.29) is 17.4 Å². The van der Waals surface area contributed by atoms with Crippen LogP contribution in [0.3, 0.4) is 0 Å². The summed E-state index contributed by atoms with van der Waals surface area (Å²) in [6.45, 7) is 25.9. The number of benzene rings is 1. The van der Waals surface area contributed by atoms with E-state index in [1.165, 1.54) is 18.7 Å². The molecule has 1 aromatic rings. The van der Waals surface area contributed by atoms with E-state index in [4.69, 9.17) is 4.74 Å². The molecule has 224 valence electrons. The van der Waals surface area contributed by atoms with E-state index >= 15 is 0 Å². The minimum absolute atomic E-state index is 0.243. The summed E-state index contributed by atoms with van der Waals surface area (Å²) >= 11 is 3.60. The van der Waals surface area contributed by atoms with Crippen molar-refractivity contribution < 1.29 is 13.9 Å². The molecule has 0 aliphatic carbocycles. The lowest BCUT2D eigenvalue weighted by molar-refractivity contribution is 0.0600. The maximum absolute atomic E-state index is 14.8. The molecule has 1 N–H and O–H groups in total. The number of carbonyl (C=O) groups excluding carboxylic acids is 1. The number of nitrogens with zero attached hydrogens (tertiary/aromatic N) is 1. The van der Waals surface area contributed by atoms with Crippen LogP contribution in [0.1, 0.15) is 104 Å². The minimum atomic E-state index is -0.522. The van der Waals surface area contributed by atoms with Gasteiger partial charge in [0.05, 0.1) is 12.7 Å². The molecule has 2 rings (SSSR count). The monoisotopic (exact) mass is 610 g/mol. The number of nitrogens with one attached hydrogen (secondary N) is 1. The quantitative estimate of drug-likeness (QED) is 0.246. The second-order valence-corrected chi connectivity index (χ2v) is 8.69. The average molecular weight is 612 g/mol. The molecule has 4 nitrogen and oxygen atoms in total. The molecule has 39 heavy (non-hydrogen) atoms. The Morgan fingerprint density at radius 3 is 2.10 bits per heavy atom. The van der Waals surface area contributed by atoms with Gasteiger partial charge in [0.2, 0.25) is 0 Å². The Morgan fingerprint density at radius 2 is 1.67 bits per heavy atom. The van der Waals surface area contributed by atoms with Gasteiger partial charge in [-0.15, -0.1) is 0 Å². The van der Waals surface area contributed by atoms with Crippen LogP contribution in [0.2, 0.25) is 0 Å². The molecule has 0 radical (unpaired) electrons. The number of halogens is 2. The molecule has 1 atom stereocenters. The Labute approximate surface area is 248 Å². The number of rotatable bonds is 7. The molecule has 0 bridgehead atoms.